The number of aryl methyl sites for hydroxylation is 1. The number of carboxylic acids is 1. The molecule has 3 rings (SSSR count). The topological polar surface area (TPSA) is 148 Å². The number of hydrogen-bond donors (Lipinski definition) is 4. The third-order valence-electron chi connectivity index (χ3n) is 6.84. The van der Waals surface area contributed by atoms with E-state index in [0.29, 0.717) is 36.3 Å². The maximum Gasteiger partial charge on any atom is 0.323 e. The Morgan fingerprint density at radius 2 is 1.51 bits per heavy atom. The highest BCUT2D eigenvalue weighted by Gasteiger charge is 2.23. The number of anilines is 4. The Bertz CT molecular complexity index is 1420. The minimum Gasteiger partial charge on any atom is -0.481 e. The number of urea groups is 1. The van der Waals surface area contributed by atoms with E-state index in [1.807, 2.05) is 38.1 Å². The smallest absolute Gasteiger partial charge is 0.323 e. The van der Waals surface area contributed by atoms with E-state index in [2.05, 4.69) is 16.0 Å². The molecule has 4 N–H and O–H groups in total. The van der Waals surface area contributed by atoms with E-state index >= 15 is 0 Å². The summed E-state index contributed by atoms with van der Waals surface area (Å²) in [6, 6.07) is 20.2. The molecule has 11 nitrogen and oxygen atoms in total. The van der Waals surface area contributed by atoms with Crippen LogP contribution in [-0.4, -0.2) is 59.9 Å². The van der Waals surface area contributed by atoms with Crippen molar-refractivity contribution in [2.45, 2.75) is 45.6 Å². The third kappa shape index (κ3) is 9.99. The van der Waals surface area contributed by atoms with Crippen molar-refractivity contribution in [3.05, 3.63) is 83.9 Å². The van der Waals surface area contributed by atoms with Crippen LogP contribution in [0.2, 0.25) is 0 Å². The molecular weight excluding hydrogens is 550 g/mol. The van der Waals surface area contributed by atoms with Crippen LogP contribution in [0.15, 0.2) is 72.8 Å². The number of carboxylic acid groups (broad SMARTS) is 1. The first-order valence-electron chi connectivity index (χ1n) is 13.9. The normalized spacial score (nSPS) is 11.1. The number of nitrogens with zero attached hydrogens (tertiary/aromatic N) is 2. The summed E-state index contributed by atoms with van der Waals surface area (Å²) in [5.74, 6) is -1.64. The van der Waals surface area contributed by atoms with Crippen molar-refractivity contribution in [1.29, 1.82) is 0 Å². The van der Waals surface area contributed by atoms with Crippen molar-refractivity contribution in [3.63, 3.8) is 0 Å². The number of nitrogens with one attached hydrogen (secondary N) is 3. The number of rotatable bonds is 14. The van der Waals surface area contributed by atoms with Crippen LogP contribution in [0, 0.1) is 6.92 Å². The van der Waals surface area contributed by atoms with Gasteiger partial charge in [0.05, 0.1) is 12.8 Å². The summed E-state index contributed by atoms with van der Waals surface area (Å²) in [5.41, 5.74) is 4.11. The monoisotopic (exact) mass is 587 g/mol. The summed E-state index contributed by atoms with van der Waals surface area (Å²) in [7, 11) is 1.57. The van der Waals surface area contributed by atoms with Gasteiger partial charge in [-0.3, -0.25) is 19.2 Å². The van der Waals surface area contributed by atoms with Gasteiger partial charge in [0.1, 0.15) is 6.54 Å². The Morgan fingerprint density at radius 1 is 0.884 bits per heavy atom. The molecule has 0 radical (unpaired) electrons. The van der Waals surface area contributed by atoms with E-state index in [9.17, 15) is 24.0 Å². The summed E-state index contributed by atoms with van der Waals surface area (Å²) < 4.78 is 0. The lowest BCUT2D eigenvalue weighted by molar-refractivity contribution is -0.140. The molecule has 11 heteroatoms. The molecule has 1 atom stereocenters. The molecule has 1 unspecified atom stereocenters. The molecule has 0 aromatic heterocycles. The molecule has 43 heavy (non-hydrogen) atoms. The minimum absolute atomic E-state index is 0.118. The number of amides is 5. The lowest BCUT2D eigenvalue weighted by atomic mass is 10.1. The Morgan fingerprint density at radius 3 is 2.12 bits per heavy atom. The molecule has 0 aliphatic carbocycles. The summed E-state index contributed by atoms with van der Waals surface area (Å²) in [4.78, 5) is 63.2. The average Bonchev–Trinajstić information content (AvgIpc) is 2.97. The number of carbonyl (C=O) groups excluding carboxylic acids is 4. The molecule has 226 valence electrons. The van der Waals surface area contributed by atoms with Crippen LogP contribution in [0.4, 0.5) is 27.5 Å². The Hall–Kier alpha value is -5.19. The minimum atomic E-state index is -1.03. The van der Waals surface area contributed by atoms with E-state index in [0.717, 1.165) is 16.8 Å². The quantitative estimate of drug-likeness (QED) is 0.198. The number of carbonyl (C=O) groups is 5. The van der Waals surface area contributed by atoms with Crippen molar-refractivity contribution >= 4 is 53.0 Å². The zero-order chi connectivity index (χ0) is 31.4. The third-order valence-corrected chi connectivity index (χ3v) is 6.84. The predicted molar refractivity (Wildman–Crippen MR) is 166 cm³/mol. The zero-order valence-electron chi connectivity index (χ0n) is 24.5. The first kappa shape index (κ1) is 32.3. The van der Waals surface area contributed by atoms with Gasteiger partial charge in [0.25, 0.3) is 0 Å². The molecule has 0 fully saturated rings. The van der Waals surface area contributed by atoms with Crippen molar-refractivity contribution in [1.82, 2.24) is 4.90 Å². The van der Waals surface area contributed by atoms with Gasteiger partial charge in [0.2, 0.25) is 18.2 Å². The zero-order valence-corrected chi connectivity index (χ0v) is 24.5. The largest absolute Gasteiger partial charge is 0.481 e. The average molecular weight is 588 g/mol. The van der Waals surface area contributed by atoms with Crippen LogP contribution in [-0.2, 0) is 25.6 Å². The van der Waals surface area contributed by atoms with Gasteiger partial charge in [0, 0.05) is 35.8 Å². The fourth-order valence-corrected chi connectivity index (χ4v) is 4.44. The van der Waals surface area contributed by atoms with Gasteiger partial charge in [-0.25, -0.2) is 4.79 Å². The van der Waals surface area contributed by atoms with E-state index in [1.54, 1.807) is 55.6 Å². The van der Waals surface area contributed by atoms with Gasteiger partial charge in [-0.05, 0) is 66.9 Å². The molecular formula is C32H37N5O6. The van der Waals surface area contributed by atoms with Gasteiger partial charge in [-0.1, -0.05) is 43.7 Å². The first-order valence-corrected chi connectivity index (χ1v) is 13.9. The fraction of sp³-hybridized carbons (Fsp3) is 0.281. The van der Waals surface area contributed by atoms with Crippen molar-refractivity contribution in [2.75, 3.05) is 34.4 Å². The summed E-state index contributed by atoms with van der Waals surface area (Å²) in [5, 5.41) is 17.5. The number of likely N-dealkylation sites (N-methyl/N-ethyl adjacent to an activating group) is 1. The number of benzene rings is 3. The highest BCUT2D eigenvalue weighted by atomic mass is 16.4. The van der Waals surface area contributed by atoms with Crippen LogP contribution in [0.5, 0.6) is 0 Å². The second-order valence-corrected chi connectivity index (χ2v) is 10.1. The first-order chi connectivity index (χ1) is 20.6. The van der Waals surface area contributed by atoms with Crippen LogP contribution in [0.3, 0.4) is 0 Å². The van der Waals surface area contributed by atoms with Gasteiger partial charge in [-0.2, -0.15) is 0 Å². The van der Waals surface area contributed by atoms with Crippen LogP contribution in [0.1, 0.15) is 37.3 Å². The maximum atomic E-state index is 12.8. The standard InChI is InChI=1S/C32H37N5O6/c1-4-7-27(19-31(41)42)37(21-38)20-30(40)36(3)26-16-14-24(15-17-26)33-29(39)18-23-10-12-25(13-11-23)34-32(43)35-28-9-6-5-8-22(28)2/h5-6,8-17,21,27H,4,7,18-20H2,1-3H3,(H,33,39)(H,41,42)(H2,34,35,43). The molecule has 0 bridgehead atoms. The summed E-state index contributed by atoms with van der Waals surface area (Å²) in [6.45, 7) is 3.54. The number of aliphatic carboxylic acids is 1. The van der Waals surface area contributed by atoms with Crippen LogP contribution in [0.25, 0.3) is 0 Å². The summed E-state index contributed by atoms with van der Waals surface area (Å²) >= 11 is 0. The molecule has 0 aliphatic rings. The van der Waals surface area contributed by atoms with Gasteiger partial charge < -0.3 is 30.9 Å². The van der Waals surface area contributed by atoms with Crippen LogP contribution < -0.4 is 20.9 Å². The maximum absolute atomic E-state index is 12.8. The van der Waals surface area contributed by atoms with Crippen molar-refractivity contribution in [3.8, 4) is 0 Å². The lowest BCUT2D eigenvalue weighted by Crippen LogP contribution is -2.43. The molecule has 3 aromatic carbocycles. The molecule has 0 heterocycles. The van der Waals surface area contributed by atoms with Gasteiger partial charge in [-0.15, -0.1) is 0 Å². The van der Waals surface area contributed by atoms with Crippen molar-refractivity contribution in [2.24, 2.45) is 0 Å². The molecule has 5 amide bonds. The molecule has 0 saturated heterocycles. The van der Waals surface area contributed by atoms with Gasteiger partial charge in [0.15, 0.2) is 0 Å². The lowest BCUT2D eigenvalue weighted by Gasteiger charge is -2.28. The van der Waals surface area contributed by atoms with E-state index < -0.39 is 12.0 Å². The Labute approximate surface area is 250 Å². The molecule has 0 saturated carbocycles. The predicted octanol–water partition coefficient (Wildman–Crippen LogP) is 4.88. The van der Waals surface area contributed by atoms with Gasteiger partial charge >= 0.3 is 12.0 Å². The SMILES string of the molecule is CCCC(CC(=O)O)N(C=O)CC(=O)N(C)c1ccc(NC(=O)Cc2ccc(NC(=O)Nc3ccccc3C)cc2)cc1. The van der Waals surface area contributed by atoms with E-state index in [1.165, 1.54) is 9.80 Å². The second kappa shape index (κ2) is 15.7. The second-order valence-electron chi connectivity index (χ2n) is 10.1. The molecule has 0 aliphatic heterocycles. The van der Waals surface area contributed by atoms with Crippen LogP contribution >= 0.6 is 0 Å². The number of para-hydroxylation sites is 1. The van der Waals surface area contributed by atoms with Crippen molar-refractivity contribution < 1.29 is 29.1 Å². The Balaban J connectivity index is 1.51. The molecule has 3 aromatic rings. The fourth-order valence-electron chi connectivity index (χ4n) is 4.44. The molecule has 0 spiro atoms. The Kier molecular flexibility index (Phi) is 11.8. The highest BCUT2D eigenvalue weighted by Crippen LogP contribution is 2.19. The highest BCUT2D eigenvalue weighted by molar-refractivity contribution is 6.00. The number of hydrogen-bond acceptors (Lipinski definition) is 5. The summed E-state index contributed by atoms with van der Waals surface area (Å²) in [6.07, 6.45) is 1.55. The van der Waals surface area contributed by atoms with E-state index in [-0.39, 0.29) is 37.2 Å². The van der Waals surface area contributed by atoms with E-state index in [4.69, 9.17) is 5.11 Å².